The van der Waals surface area contributed by atoms with Gasteiger partial charge in [-0.15, -0.1) is 11.8 Å². The van der Waals surface area contributed by atoms with Crippen molar-refractivity contribution >= 4 is 23.5 Å². The summed E-state index contributed by atoms with van der Waals surface area (Å²) in [7, 11) is 1.61. The number of thioether (sulfide) groups is 1. The number of hydrogen-bond acceptors (Lipinski definition) is 6. The van der Waals surface area contributed by atoms with E-state index in [1.807, 2.05) is 44.2 Å². The molecule has 29 heavy (non-hydrogen) atoms. The Kier molecular flexibility index (Phi) is 7.39. The second kappa shape index (κ2) is 9.98. The first-order valence-electron chi connectivity index (χ1n) is 9.72. The molecule has 1 aliphatic heterocycles. The third-order valence-corrected chi connectivity index (χ3v) is 6.05. The highest BCUT2D eigenvalue weighted by Gasteiger charge is 2.21. The number of Topliss-reactive ketones (excluding diaryl/α,β-unsaturated/α-hetero) is 1. The summed E-state index contributed by atoms with van der Waals surface area (Å²) in [5, 5.41) is 0. The number of benzene rings is 1. The van der Waals surface area contributed by atoms with Gasteiger partial charge >= 0.3 is 5.97 Å². The highest BCUT2D eigenvalue weighted by molar-refractivity contribution is 8.00. The van der Waals surface area contributed by atoms with Crippen molar-refractivity contribution in [1.29, 1.82) is 0 Å². The SMILES string of the molecule is COc1ccc(SCC(=O)OCC(=O)c2cc(C)n(C[C@H]3CCCO3)c2C)cc1. The molecule has 2 aromatic rings. The minimum absolute atomic E-state index is 0.150. The number of esters is 1. The summed E-state index contributed by atoms with van der Waals surface area (Å²) in [4.78, 5) is 25.5. The van der Waals surface area contributed by atoms with Gasteiger partial charge in [0.2, 0.25) is 5.78 Å². The van der Waals surface area contributed by atoms with Gasteiger partial charge < -0.3 is 18.8 Å². The number of methoxy groups -OCH3 is 1. The molecule has 0 amide bonds. The van der Waals surface area contributed by atoms with E-state index >= 15 is 0 Å². The summed E-state index contributed by atoms with van der Waals surface area (Å²) in [5.74, 6) is 0.323. The van der Waals surface area contributed by atoms with Gasteiger partial charge in [-0.3, -0.25) is 9.59 Å². The van der Waals surface area contributed by atoms with Crippen LogP contribution in [0.5, 0.6) is 5.75 Å². The zero-order valence-corrected chi connectivity index (χ0v) is 17.9. The van der Waals surface area contributed by atoms with E-state index in [1.54, 1.807) is 7.11 Å². The molecule has 0 bridgehead atoms. The molecule has 1 atom stereocenters. The average molecular weight is 418 g/mol. The van der Waals surface area contributed by atoms with E-state index in [0.717, 1.165) is 48.0 Å². The highest BCUT2D eigenvalue weighted by atomic mass is 32.2. The first-order valence-corrected chi connectivity index (χ1v) is 10.7. The lowest BCUT2D eigenvalue weighted by atomic mass is 10.1. The van der Waals surface area contributed by atoms with Crippen LogP contribution in [0.25, 0.3) is 0 Å². The van der Waals surface area contributed by atoms with Gasteiger partial charge in [-0.1, -0.05) is 0 Å². The van der Waals surface area contributed by atoms with Crippen LogP contribution in [-0.2, 0) is 20.8 Å². The smallest absolute Gasteiger partial charge is 0.316 e. The quantitative estimate of drug-likeness (QED) is 0.351. The van der Waals surface area contributed by atoms with Crippen LogP contribution < -0.4 is 4.74 Å². The van der Waals surface area contributed by atoms with Crippen LogP contribution >= 0.6 is 11.8 Å². The van der Waals surface area contributed by atoms with Gasteiger partial charge in [-0.05, 0) is 57.0 Å². The van der Waals surface area contributed by atoms with Gasteiger partial charge in [0.25, 0.3) is 0 Å². The lowest BCUT2D eigenvalue weighted by Crippen LogP contribution is -2.18. The molecule has 1 aromatic heterocycles. The van der Waals surface area contributed by atoms with Gasteiger partial charge in [0, 0.05) is 35.0 Å². The molecular formula is C22H27NO5S. The molecule has 0 spiro atoms. The Labute approximate surface area is 175 Å². The number of carbonyl (C=O) groups excluding carboxylic acids is 2. The molecule has 0 saturated carbocycles. The number of aryl methyl sites for hydroxylation is 1. The maximum atomic E-state index is 12.6. The Bertz CT molecular complexity index is 853. The summed E-state index contributed by atoms with van der Waals surface area (Å²) >= 11 is 1.36. The minimum atomic E-state index is -0.410. The first kappa shape index (κ1) is 21.5. The molecule has 1 aliphatic rings. The lowest BCUT2D eigenvalue weighted by molar-refractivity contribution is -0.139. The Morgan fingerprint density at radius 1 is 1.24 bits per heavy atom. The summed E-state index contributed by atoms with van der Waals surface area (Å²) in [6, 6.07) is 9.30. The Morgan fingerprint density at radius 2 is 2.00 bits per heavy atom. The molecule has 0 radical (unpaired) electrons. The van der Waals surface area contributed by atoms with Crippen molar-refractivity contribution in [3.05, 3.63) is 47.3 Å². The molecule has 1 aromatic carbocycles. The molecule has 0 unspecified atom stereocenters. The molecule has 1 fully saturated rings. The second-order valence-electron chi connectivity index (χ2n) is 7.08. The lowest BCUT2D eigenvalue weighted by Gasteiger charge is -2.14. The number of nitrogens with zero attached hydrogens (tertiary/aromatic N) is 1. The van der Waals surface area contributed by atoms with Crippen molar-refractivity contribution in [2.45, 2.75) is 44.2 Å². The van der Waals surface area contributed by atoms with E-state index in [2.05, 4.69) is 4.57 Å². The van der Waals surface area contributed by atoms with Crippen LogP contribution in [-0.4, -0.2) is 48.5 Å². The van der Waals surface area contributed by atoms with E-state index < -0.39 is 5.97 Å². The maximum Gasteiger partial charge on any atom is 0.316 e. The second-order valence-corrected chi connectivity index (χ2v) is 8.13. The predicted octanol–water partition coefficient (Wildman–Crippen LogP) is 3.81. The molecular weight excluding hydrogens is 390 g/mol. The van der Waals surface area contributed by atoms with E-state index in [9.17, 15) is 9.59 Å². The number of ether oxygens (including phenoxy) is 3. The maximum absolute atomic E-state index is 12.6. The van der Waals surface area contributed by atoms with E-state index in [4.69, 9.17) is 14.2 Å². The topological polar surface area (TPSA) is 66.8 Å². The molecule has 0 N–H and O–H groups in total. The summed E-state index contributed by atoms with van der Waals surface area (Å²) in [6.45, 7) is 5.22. The summed E-state index contributed by atoms with van der Waals surface area (Å²) < 4.78 is 18.1. The van der Waals surface area contributed by atoms with Crippen LogP contribution in [0, 0.1) is 13.8 Å². The third-order valence-electron chi connectivity index (χ3n) is 5.06. The standard InChI is InChI=1S/C22H27NO5S/c1-15-11-20(16(2)23(15)12-18-5-4-10-27-18)21(24)13-28-22(25)14-29-19-8-6-17(26-3)7-9-19/h6-9,11,18H,4-5,10,12-14H2,1-3H3/t18-/m1/s1. The van der Waals surface area contributed by atoms with Crippen LogP contribution in [0.1, 0.15) is 34.6 Å². The Balaban J connectivity index is 1.50. The minimum Gasteiger partial charge on any atom is -0.497 e. The van der Waals surface area contributed by atoms with Gasteiger partial charge in [0.05, 0.1) is 19.0 Å². The van der Waals surface area contributed by atoms with Crippen molar-refractivity contribution in [3.63, 3.8) is 0 Å². The Morgan fingerprint density at radius 3 is 2.66 bits per heavy atom. The normalized spacial score (nSPS) is 16.0. The predicted molar refractivity (Wildman–Crippen MR) is 112 cm³/mol. The van der Waals surface area contributed by atoms with Gasteiger partial charge in [-0.2, -0.15) is 0 Å². The Hall–Kier alpha value is -2.25. The molecule has 0 aliphatic carbocycles. The van der Waals surface area contributed by atoms with E-state index in [0.29, 0.717) is 5.56 Å². The molecule has 2 heterocycles. The number of rotatable bonds is 9. The molecule has 1 saturated heterocycles. The molecule has 156 valence electrons. The third kappa shape index (κ3) is 5.64. The fourth-order valence-electron chi connectivity index (χ4n) is 3.44. The molecule has 3 rings (SSSR count). The summed E-state index contributed by atoms with van der Waals surface area (Å²) in [5.41, 5.74) is 2.52. The fraction of sp³-hybridized carbons (Fsp3) is 0.455. The van der Waals surface area contributed by atoms with E-state index in [-0.39, 0.29) is 24.2 Å². The van der Waals surface area contributed by atoms with Crippen molar-refractivity contribution in [3.8, 4) is 5.75 Å². The number of aromatic nitrogens is 1. The highest BCUT2D eigenvalue weighted by Crippen LogP contribution is 2.22. The van der Waals surface area contributed by atoms with Crippen molar-refractivity contribution in [2.24, 2.45) is 0 Å². The average Bonchev–Trinajstić information content (AvgIpc) is 3.34. The van der Waals surface area contributed by atoms with Gasteiger partial charge in [-0.25, -0.2) is 0 Å². The van der Waals surface area contributed by atoms with Gasteiger partial charge in [0.1, 0.15) is 5.75 Å². The van der Waals surface area contributed by atoms with Crippen LogP contribution in [0.2, 0.25) is 0 Å². The zero-order chi connectivity index (χ0) is 20.8. The van der Waals surface area contributed by atoms with Crippen LogP contribution in [0.3, 0.4) is 0 Å². The summed E-state index contributed by atoms with van der Waals surface area (Å²) in [6.07, 6.45) is 2.33. The molecule has 6 nitrogen and oxygen atoms in total. The molecule has 7 heteroatoms. The number of carbonyl (C=O) groups is 2. The van der Waals surface area contributed by atoms with Crippen molar-refractivity contribution in [1.82, 2.24) is 4.57 Å². The zero-order valence-electron chi connectivity index (χ0n) is 17.1. The largest absolute Gasteiger partial charge is 0.497 e. The van der Waals surface area contributed by atoms with E-state index in [1.165, 1.54) is 11.8 Å². The fourth-order valence-corrected chi connectivity index (χ4v) is 4.13. The van der Waals surface area contributed by atoms with Crippen molar-refractivity contribution < 1.29 is 23.8 Å². The number of hydrogen-bond donors (Lipinski definition) is 0. The first-order chi connectivity index (χ1) is 14.0. The monoisotopic (exact) mass is 417 g/mol. The van der Waals surface area contributed by atoms with Crippen LogP contribution in [0.15, 0.2) is 35.2 Å². The van der Waals surface area contributed by atoms with Crippen molar-refractivity contribution in [2.75, 3.05) is 26.1 Å². The number of ketones is 1. The van der Waals surface area contributed by atoms with Crippen LogP contribution in [0.4, 0.5) is 0 Å². The van der Waals surface area contributed by atoms with Gasteiger partial charge in [0.15, 0.2) is 6.61 Å².